The maximum absolute atomic E-state index is 6.34. The molecular weight excluding hydrogens is 218 g/mol. The van der Waals surface area contributed by atoms with Crippen LogP contribution in [-0.2, 0) is 11.3 Å². The lowest BCUT2D eigenvalue weighted by Crippen LogP contribution is -2.25. The van der Waals surface area contributed by atoms with Crippen LogP contribution in [0.2, 0.25) is 0 Å². The predicted molar refractivity (Wildman–Crippen MR) is 64.9 cm³/mol. The van der Waals surface area contributed by atoms with Crippen LogP contribution in [0.4, 0.5) is 0 Å². The van der Waals surface area contributed by atoms with Crippen molar-refractivity contribution < 1.29 is 9.47 Å². The molecule has 2 N–H and O–H groups in total. The van der Waals surface area contributed by atoms with Gasteiger partial charge < -0.3 is 15.2 Å². The highest BCUT2D eigenvalue weighted by Crippen LogP contribution is 2.34. The highest BCUT2D eigenvalue weighted by Gasteiger charge is 2.32. The van der Waals surface area contributed by atoms with E-state index in [2.05, 4.69) is 18.9 Å². The molecule has 96 valence electrons. The van der Waals surface area contributed by atoms with Gasteiger partial charge in [0.1, 0.15) is 0 Å². The van der Waals surface area contributed by atoms with Crippen LogP contribution in [0.5, 0.6) is 5.75 Å². The summed E-state index contributed by atoms with van der Waals surface area (Å²) >= 11 is 0. The minimum Gasteiger partial charge on any atom is -0.493 e. The Bertz CT molecular complexity index is 356. The van der Waals surface area contributed by atoms with Gasteiger partial charge in [-0.25, -0.2) is 0 Å². The van der Waals surface area contributed by atoms with Gasteiger partial charge in [0.05, 0.1) is 37.8 Å². The van der Waals surface area contributed by atoms with Gasteiger partial charge in [-0.05, 0) is 20.3 Å². The van der Waals surface area contributed by atoms with Crippen molar-refractivity contribution in [1.29, 1.82) is 0 Å². The fraction of sp³-hybridized carbons (Fsp3) is 0.750. The minimum absolute atomic E-state index is 0.0719. The van der Waals surface area contributed by atoms with Gasteiger partial charge in [0.25, 0.3) is 0 Å². The number of rotatable bonds is 4. The second kappa shape index (κ2) is 5.06. The smallest absolute Gasteiger partial charge is 0.161 e. The molecule has 0 amide bonds. The molecule has 1 aromatic rings. The first kappa shape index (κ1) is 12.4. The van der Waals surface area contributed by atoms with Crippen molar-refractivity contribution in [2.45, 2.75) is 39.0 Å². The third kappa shape index (κ3) is 2.30. The third-order valence-electron chi connectivity index (χ3n) is 3.42. The van der Waals surface area contributed by atoms with Crippen LogP contribution in [0.15, 0.2) is 6.20 Å². The zero-order valence-electron chi connectivity index (χ0n) is 10.7. The highest BCUT2D eigenvalue weighted by molar-refractivity contribution is 5.28. The molecular formula is C12H21N3O2. The van der Waals surface area contributed by atoms with E-state index in [0.29, 0.717) is 12.0 Å². The van der Waals surface area contributed by atoms with E-state index in [1.165, 1.54) is 0 Å². The topological polar surface area (TPSA) is 62.3 Å². The summed E-state index contributed by atoms with van der Waals surface area (Å²) in [5, 5.41) is 4.29. The third-order valence-corrected chi connectivity index (χ3v) is 3.42. The normalized spacial score (nSPS) is 26.1. The van der Waals surface area contributed by atoms with Crippen molar-refractivity contribution in [3.8, 4) is 5.75 Å². The first-order chi connectivity index (χ1) is 8.17. The standard InChI is InChI=1S/C12H21N3O2/c1-4-15-12(10(16-3)6-14-15)11(13)9-5-8(2)17-7-9/h6,8-9,11H,4-5,7,13H2,1-3H3. The monoisotopic (exact) mass is 239 g/mol. The van der Waals surface area contributed by atoms with E-state index in [0.717, 1.165) is 31.0 Å². The molecule has 3 unspecified atom stereocenters. The Morgan fingerprint density at radius 3 is 3.00 bits per heavy atom. The van der Waals surface area contributed by atoms with Crippen LogP contribution in [-0.4, -0.2) is 29.6 Å². The highest BCUT2D eigenvalue weighted by atomic mass is 16.5. The average molecular weight is 239 g/mol. The Morgan fingerprint density at radius 2 is 2.47 bits per heavy atom. The summed E-state index contributed by atoms with van der Waals surface area (Å²) in [6, 6.07) is -0.0719. The fourth-order valence-corrected chi connectivity index (χ4v) is 2.45. The van der Waals surface area contributed by atoms with Gasteiger partial charge in [0, 0.05) is 12.5 Å². The van der Waals surface area contributed by atoms with Crippen LogP contribution < -0.4 is 10.5 Å². The van der Waals surface area contributed by atoms with Gasteiger partial charge in [0.15, 0.2) is 5.75 Å². The second-order valence-electron chi connectivity index (χ2n) is 4.58. The molecule has 5 nitrogen and oxygen atoms in total. The number of methoxy groups -OCH3 is 1. The molecule has 2 heterocycles. The van der Waals surface area contributed by atoms with Crippen LogP contribution in [0.1, 0.15) is 32.0 Å². The molecule has 0 saturated carbocycles. The van der Waals surface area contributed by atoms with Crippen LogP contribution in [0, 0.1) is 5.92 Å². The maximum Gasteiger partial charge on any atom is 0.161 e. The van der Waals surface area contributed by atoms with Crippen LogP contribution in [0.25, 0.3) is 0 Å². The van der Waals surface area contributed by atoms with E-state index in [1.807, 2.05) is 4.68 Å². The molecule has 17 heavy (non-hydrogen) atoms. The van der Waals surface area contributed by atoms with Crippen molar-refractivity contribution in [2.24, 2.45) is 11.7 Å². The minimum atomic E-state index is -0.0719. The number of ether oxygens (including phenoxy) is 2. The molecule has 0 spiro atoms. The molecule has 1 saturated heterocycles. The summed E-state index contributed by atoms with van der Waals surface area (Å²) in [6.07, 6.45) is 3.03. The predicted octanol–water partition coefficient (Wildman–Crippen LogP) is 1.34. The fourth-order valence-electron chi connectivity index (χ4n) is 2.45. The number of hydrogen-bond donors (Lipinski definition) is 1. The van der Waals surface area contributed by atoms with E-state index in [9.17, 15) is 0 Å². The van der Waals surface area contributed by atoms with Crippen LogP contribution >= 0.6 is 0 Å². The first-order valence-electron chi connectivity index (χ1n) is 6.14. The molecule has 1 aliphatic heterocycles. The molecule has 5 heteroatoms. The molecule has 2 rings (SSSR count). The summed E-state index contributed by atoms with van der Waals surface area (Å²) in [4.78, 5) is 0. The van der Waals surface area contributed by atoms with Gasteiger partial charge in [0.2, 0.25) is 0 Å². The van der Waals surface area contributed by atoms with Crippen molar-refractivity contribution in [3.05, 3.63) is 11.9 Å². The summed E-state index contributed by atoms with van der Waals surface area (Å²) in [7, 11) is 1.65. The Labute approximate surface area is 102 Å². The molecule has 0 radical (unpaired) electrons. The number of hydrogen-bond acceptors (Lipinski definition) is 4. The van der Waals surface area contributed by atoms with E-state index < -0.39 is 0 Å². The largest absolute Gasteiger partial charge is 0.493 e. The van der Waals surface area contributed by atoms with E-state index in [4.69, 9.17) is 15.2 Å². The lowest BCUT2D eigenvalue weighted by atomic mass is 9.95. The zero-order valence-corrected chi connectivity index (χ0v) is 10.7. The molecule has 0 aliphatic carbocycles. The summed E-state index contributed by atoms with van der Waals surface area (Å²) < 4.78 is 12.8. The SMILES string of the molecule is CCn1ncc(OC)c1C(N)C1COC(C)C1. The molecule has 0 bridgehead atoms. The summed E-state index contributed by atoms with van der Waals surface area (Å²) in [5.74, 6) is 1.12. The van der Waals surface area contributed by atoms with Gasteiger partial charge in [-0.3, -0.25) is 4.68 Å². The number of aromatic nitrogens is 2. The Hall–Kier alpha value is -1.07. The molecule has 1 aliphatic rings. The van der Waals surface area contributed by atoms with Crippen molar-refractivity contribution >= 4 is 0 Å². The Kier molecular flexibility index (Phi) is 3.69. The van der Waals surface area contributed by atoms with Gasteiger partial charge in [-0.15, -0.1) is 0 Å². The number of aryl methyl sites for hydroxylation is 1. The van der Waals surface area contributed by atoms with E-state index in [1.54, 1.807) is 13.3 Å². The van der Waals surface area contributed by atoms with Crippen molar-refractivity contribution in [2.75, 3.05) is 13.7 Å². The molecule has 1 aromatic heterocycles. The second-order valence-corrected chi connectivity index (χ2v) is 4.58. The zero-order chi connectivity index (χ0) is 12.4. The number of nitrogens with zero attached hydrogens (tertiary/aromatic N) is 2. The van der Waals surface area contributed by atoms with Crippen molar-refractivity contribution in [3.63, 3.8) is 0 Å². The summed E-state index contributed by atoms with van der Waals surface area (Å²) in [6.45, 7) is 5.66. The maximum atomic E-state index is 6.34. The molecule has 0 aromatic carbocycles. The lowest BCUT2D eigenvalue weighted by molar-refractivity contribution is 0.118. The van der Waals surface area contributed by atoms with Gasteiger partial charge in [-0.1, -0.05) is 0 Å². The first-order valence-corrected chi connectivity index (χ1v) is 6.14. The van der Waals surface area contributed by atoms with Crippen LogP contribution in [0.3, 0.4) is 0 Å². The quantitative estimate of drug-likeness (QED) is 0.861. The lowest BCUT2D eigenvalue weighted by Gasteiger charge is -2.20. The average Bonchev–Trinajstić information content (AvgIpc) is 2.93. The van der Waals surface area contributed by atoms with E-state index in [-0.39, 0.29) is 6.04 Å². The molecule has 1 fully saturated rings. The Morgan fingerprint density at radius 1 is 1.71 bits per heavy atom. The molecule has 3 atom stereocenters. The van der Waals surface area contributed by atoms with Crippen molar-refractivity contribution in [1.82, 2.24) is 9.78 Å². The van der Waals surface area contributed by atoms with E-state index >= 15 is 0 Å². The number of nitrogens with two attached hydrogens (primary N) is 1. The summed E-state index contributed by atoms with van der Waals surface area (Å²) in [5.41, 5.74) is 7.32. The van der Waals surface area contributed by atoms with Gasteiger partial charge in [-0.2, -0.15) is 5.10 Å². The Balaban J connectivity index is 2.22. The van der Waals surface area contributed by atoms with Gasteiger partial charge >= 0.3 is 0 Å².